The van der Waals surface area contributed by atoms with E-state index in [1.165, 1.54) is 4.90 Å². The predicted octanol–water partition coefficient (Wildman–Crippen LogP) is 1.48. The van der Waals surface area contributed by atoms with Crippen molar-refractivity contribution in [3.63, 3.8) is 0 Å². The van der Waals surface area contributed by atoms with Gasteiger partial charge < -0.3 is 4.90 Å². The lowest BCUT2D eigenvalue weighted by Gasteiger charge is -2.25. The summed E-state index contributed by atoms with van der Waals surface area (Å²) in [6, 6.07) is 0.873. The van der Waals surface area contributed by atoms with Crippen molar-refractivity contribution in [3.8, 4) is 0 Å². The number of amides is 1. The number of benzene rings is 1. The van der Waals surface area contributed by atoms with Gasteiger partial charge in [0.2, 0.25) is 10.0 Å². The second-order valence-corrected chi connectivity index (χ2v) is 6.03. The highest BCUT2D eigenvalue weighted by molar-refractivity contribution is 7.89. The zero-order valence-corrected chi connectivity index (χ0v) is 12.2. The molecule has 8 heteroatoms. The molecule has 0 unspecified atom stereocenters. The Bertz CT molecular complexity index is 630. The lowest BCUT2D eigenvalue weighted by atomic mass is 10.1. The number of rotatable bonds is 4. The number of nitrogens with zero attached hydrogens (tertiary/aromatic N) is 1. The van der Waals surface area contributed by atoms with E-state index in [0.717, 1.165) is 0 Å². The Balaban J connectivity index is 3.47. The van der Waals surface area contributed by atoms with Gasteiger partial charge in [0.1, 0.15) is 10.7 Å². The van der Waals surface area contributed by atoms with Crippen LogP contribution in [0.25, 0.3) is 0 Å². The third-order valence-electron chi connectivity index (χ3n) is 2.77. The smallest absolute Gasteiger partial charge is 0.257 e. The van der Waals surface area contributed by atoms with Gasteiger partial charge >= 0.3 is 0 Å². The van der Waals surface area contributed by atoms with Gasteiger partial charge in [-0.15, -0.1) is 0 Å². The molecule has 0 bridgehead atoms. The summed E-state index contributed by atoms with van der Waals surface area (Å²) in [7, 11) is -4.45. The Hall–Kier alpha value is -1.54. The fraction of sp³-hybridized carbons (Fsp3) is 0.417. The van der Waals surface area contributed by atoms with Gasteiger partial charge in [0.15, 0.2) is 5.82 Å². The summed E-state index contributed by atoms with van der Waals surface area (Å²) in [4.78, 5) is 12.4. The number of sulfonamides is 1. The van der Waals surface area contributed by atoms with Gasteiger partial charge in [0.25, 0.3) is 5.91 Å². The average Bonchev–Trinajstić information content (AvgIpc) is 2.30. The quantitative estimate of drug-likeness (QED) is 0.915. The van der Waals surface area contributed by atoms with Gasteiger partial charge in [-0.05, 0) is 32.9 Å². The zero-order valence-electron chi connectivity index (χ0n) is 11.4. The predicted molar refractivity (Wildman–Crippen MR) is 69.6 cm³/mol. The molecular weight excluding hydrogens is 290 g/mol. The van der Waals surface area contributed by atoms with Crippen LogP contribution in [0.4, 0.5) is 8.78 Å². The molecule has 20 heavy (non-hydrogen) atoms. The molecule has 0 aliphatic carbocycles. The summed E-state index contributed by atoms with van der Waals surface area (Å²) >= 11 is 0. The Kier molecular flexibility index (Phi) is 4.82. The molecule has 112 valence electrons. The molecule has 0 aromatic heterocycles. The van der Waals surface area contributed by atoms with Gasteiger partial charge in [-0.3, -0.25) is 4.79 Å². The fourth-order valence-electron chi connectivity index (χ4n) is 1.82. The van der Waals surface area contributed by atoms with Crippen LogP contribution < -0.4 is 5.14 Å². The van der Waals surface area contributed by atoms with Crippen LogP contribution in [-0.2, 0) is 10.0 Å². The minimum atomic E-state index is -4.45. The summed E-state index contributed by atoms with van der Waals surface area (Å²) in [5.74, 6) is -3.17. The van der Waals surface area contributed by atoms with Gasteiger partial charge in [-0.2, -0.15) is 0 Å². The monoisotopic (exact) mass is 306 g/mol. The van der Waals surface area contributed by atoms with Crippen LogP contribution in [0.15, 0.2) is 17.0 Å². The molecule has 0 atom stereocenters. The highest BCUT2D eigenvalue weighted by Gasteiger charge is 2.26. The second-order valence-electron chi connectivity index (χ2n) is 4.50. The third kappa shape index (κ3) is 3.31. The summed E-state index contributed by atoms with van der Waals surface area (Å²) in [5, 5.41) is 4.80. The first-order valence-electron chi connectivity index (χ1n) is 5.92. The Morgan fingerprint density at radius 1 is 1.35 bits per heavy atom. The van der Waals surface area contributed by atoms with Crippen molar-refractivity contribution in [2.45, 2.75) is 31.7 Å². The number of primary sulfonamides is 1. The maximum atomic E-state index is 14.1. The summed E-state index contributed by atoms with van der Waals surface area (Å²) < 4.78 is 49.9. The van der Waals surface area contributed by atoms with Gasteiger partial charge in [-0.1, -0.05) is 0 Å². The van der Waals surface area contributed by atoms with Crippen LogP contribution in [0.3, 0.4) is 0 Å². The first-order chi connectivity index (χ1) is 9.09. The van der Waals surface area contributed by atoms with Gasteiger partial charge in [0.05, 0.1) is 5.56 Å². The van der Waals surface area contributed by atoms with E-state index in [4.69, 9.17) is 5.14 Å². The highest BCUT2D eigenvalue weighted by atomic mass is 32.2. The van der Waals surface area contributed by atoms with Crippen LogP contribution in [0, 0.1) is 11.6 Å². The van der Waals surface area contributed by atoms with Crippen LogP contribution in [0.5, 0.6) is 0 Å². The number of carbonyl (C=O) groups is 1. The fourth-order valence-corrected chi connectivity index (χ4v) is 2.46. The molecule has 1 rings (SSSR count). The van der Waals surface area contributed by atoms with Crippen molar-refractivity contribution in [1.82, 2.24) is 4.90 Å². The van der Waals surface area contributed by atoms with Gasteiger partial charge in [-0.25, -0.2) is 22.3 Å². The first-order valence-corrected chi connectivity index (χ1v) is 7.47. The number of carbonyl (C=O) groups excluding carboxylic acids is 1. The highest BCUT2D eigenvalue weighted by Crippen LogP contribution is 2.21. The lowest BCUT2D eigenvalue weighted by Crippen LogP contribution is -2.37. The standard InChI is InChI=1S/C12H16F2N2O3S/c1-4-16(7(2)3)12(17)9-5-8(13)6-10(11(9)14)20(15,18)19/h5-7H,4H2,1-3H3,(H2,15,18,19). The molecule has 0 radical (unpaired) electrons. The maximum absolute atomic E-state index is 14.1. The molecule has 0 saturated carbocycles. The van der Waals surface area contributed by atoms with Crippen molar-refractivity contribution in [2.75, 3.05) is 6.54 Å². The Morgan fingerprint density at radius 3 is 2.30 bits per heavy atom. The van der Waals surface area contributed by atoms with E-state index in [1.807, 2.05) is 0 Å². The van der Waals surface area contributed by atoms with Gasteiger partial charge in [0, 0.05) is 12.6 Å². The minimum Gasteiger partial charge on any atom is -0.336 e. The second kappa shape index (κ2) is 5.84. The molecule has 2 N–H and O–H groups in total. The van der Waals surface area contributed by atoms with Crippen molar-refractivity contribution in [3.05, 3.63) is 29.3 Å². The molecular formula is C12H16F2N2O3S. The molecule has 1 aromatic rings. The third-order valence-corrected chi connectivity index (χ3v) is 3.68. The molecule has 0 aliphatic heterocycles. The van der Waals surface area contributed by atoms with Crippen molar-refractivity contribution < 1.29 is 22.0 Å². The molecule has 0 saturated heterocycles. The van der Waals surface area contributed by atoms with Crippen LogP contribution in [0.2, 0.25) is 0 Å². The molecule has 0 aliphatic rings. The van der Waals surface area contributed by atoms with E-state index in [0.29, 0.717) is 12.1 Å². The number of nitrogens with two attached hydrogens (primary N) is 1. The number of hydrogen-bond acceptors (Lipinski definition) is 3. The number of halogens is 2. The van der Waals surface area contributed by atoms with Crippen LogP contribution in [0.1, 0.15) is 31.1 Å². The van der Waals surface area contributed by atoms with E-state index in [9.17, 15) is 22.0 Å². The summed E-state index contributed by atoms with van der Waals surface area (Å²) in [6.45, 7) is 5.37. The van der Waals surface area contributed by atoms with E-state index < -0.39 is 38.0 Å². The molecule has 0 fully saturated rings. The van der Waals surface area contributed by atoms with Crippen molar-refractivity contribution >= 4 is 15.9 Å². The Labute approximate surface area is 116 Å². The van der Waals surface area contributed by atoms with E-state index >= 15 is 0 Å². The van der Waals surface area contributed by atoms with E-state index in [2.05, 4.69) is 0 Å². The zero-order chi connectivity index (χ0) is 15.7. The summed E-state index contributed by atoms with van der Waals surface area (Å²) in [6.07, 6.45) is 0. The minimum absolute atomic E-state index is 0.242. The molecule has 1 amide bonds. The Morgan fingerprint density at radius 2 is 1.90 bits per heavy atom. The molecule has 0 heterocycles. The largest absolute Gasteiger partial charge is 0.336 e. The van der Waals surface area contributed by atoms with Crippen LogP contribution in [-0.4, -0.2) is 31.8 Å². The summed E-state index contributed by atoms with van der Waals surface area (Å²) in [5.41, 5.74) is -0.649. The molecule has 0 spiro atoms. The molecule has 1 aromatic carbocycles. The normalized spacial score (nSPS) is 11.8. The lowest BCUT2D eigenvalue weighted by molar-refractivity contribution is 0.0711. The number of hydrogen-bond donors (Lipinski definition) is 1. The SMILES string of the molecule is CCN(C(=O)c1cc(F)cc(S(N)(=O)=O)c1F)C(C)C. The first kappa shape index (κ1) is 16.5. The maximum Gasteiger partial charge on any atom is 0.257 e. The van der Waals surface area contributed by atoms with Crippen LogP contribution >= 0.6 is 0 Å². The van der Waals surface area contributed by atoms with E-state index in [1.54, 1.807) is 20.8 Å². The van der Waals surface area contributed by atoms with Crippen molar-refractivity contribution in [1.29, 1.82) is 0 Å². The van der Waals surface area contributed by atoms with Crippen molar-refractivity contribution in [2.24, 2.45) is 5.14 Å². The van der Waals surface area contributed by atoms with E-state index in [-0.39, 0.29) is 12.6 Å². The topological polar surface area (TPSA) is 80.5 Å². The average molecular weight is 306 g/mol. The molecule has 5 nitrogen and oxygen atoms in total.